The molecule has 0 atom stereocenters. The van der Waals surface area contributed by atoms with Crippen LogP contribution in [0.3, 0.4) is 0 Å². The summed E-state index contributed by atoms with van der Waals surface area (Å²) in [5.74, 6) is -1.18. The third kappa shape index (κ3) is 5.29. The van der Waals surface area contributed by atoms with Crippen molar-refractivity contribution in [2.24, 2.45) is 4.99 Å². The summed E-state index contributed by atoms with van der Waals surface area (Å²) in [4.78, 5) is 49.3. The Bertz CT molecular complexity index is 1310. The van der Waals surface area contributed by atoms with Crippen LogP contribution in [0.4, 0.5) is 11.4 Å². The van der Waals surface area contributed by atoms with E-state index < -0.39 is 21.7 Å². The van der Waals surface area contributed by atoms with Crippen LogP contribution in [0.15, 0.2) is 53.5 Å². The molecule has 0 spiro atoms. The first-order valence-electron chi connectivity index (χ1n) is 9.23. The highest BCUT2D eigenvalue weighted by Gasteiger charge is 2.15. The lowest BCUT2D eigenvalue weighted by atomic mass is 10.2. The van der Waals surface area contributed by atoms with Crippen LogP contribution in [0, 0.1) is 20.2 Å². The Balaban J connectivity index is 1.96. The summed E-state index contributed by atoms with van der Waals surface area (Å²) in [6, 6.07) is 9.73. The molecule has 32 heavy (non-hydrogen) atoms. The van der Waals surface area contributed by atoms with E-state index in [4.69, 9.17) is 4.74 Å². The maximum Gasteiger partial charge on any atom is 0.326 e. The standard InChI is InChI=1S/C20H16N4O7S/c1-2-31-19(26)12-22-16-9-8-15(24(29)30)11-17(16)32-20(22)21-18(25)10-5-13-3-6-14(7-4-13)23(27)28/h3-11H,2,12H2,1H3/b10-5-,21-20?. The van der Waals surface area contributed by atoms with Crippen molar-refractivity contribution >= 4 is 50.9 Å². The van der Waals surface area contributed by atoms with Gasteiger partial charge in [0.15, 0.2) is 4.80 Å². The van der Waals surface area contributed by atoms with Gasteiger partial charge in [0.2, 0.25) is 0 Å². The number of ether oxygens (including phenoxy) is 1. The number of amides is 1. The predicted octanol–water partition coefficient (Wildman–Crippen LogP) is 3.22. The maximum atomic E-state index is 12.4. The van der Waals surface area contributed by atoms with Gasteiger partial charge in [-0.3, -0.25) is 29.8 Å². The number of hydrogen-bond acceptors (Lipinski definition) is 8. The van der Waals surface area contributed by atoms with E-state index in [2.05, 4.69) is 4.99 Å². The number of aromatic nitrogens is 1. The number of thiazole rings is 1. The second-order valence-electron chi connectivity index (χ2n) is 6.32. The van der Waals surface area contributed by atoms with E-state index in [-0.39, 0.29) is 29.3 Å². The average molecular weight is 456 g/mol. The van der Waals surface area contributed by atoms with Crippen molar-refractivity contribution in [3.8, 4) is 0 Å². The third-order valence-electron chi connectivity index (χ3n) is 4.20. The number of non-ortho nitro benzene ring substituents is 2. The van der Waals surface area contributed by atoms with E-state index in [9.17, 15) is 29.8 Å². The van der Waals surface area contributed by atoms with E-state index >= 15 is 0 Å². The molecule has 11 nitrogen and oxygen atoms in total. The predicted molar refractivity (Wildman–Crippen MR) is 116 cm³/mol. The number of nitrogens with zero attached hydrogens (tertiary/aromatic N) is 4. The molecule has 0 aliphatic heterocycles. The van der Waals surface area contributed by atoms with Crippen LogP contribution >= 0.6 is 11.3 Å². The number of carbonyl (C=O) groups excluding carboxylic acids is 2. The number of rotatable bonds is 7. The fourth-order valence-electron chi connectivity index (χ4n) is 2.76. The molecule has 0 unspecified atom stereocenters. The average Bonchev–Trinajstić information content (AvgIpc) is 3.08. The van der Waals surface area contributed by atoms with Crippen molar-refractivity contribution < 1.29 is 24.2 Å². The minimum absolute atomic E-state index is 0.0717. The molecule has 0 fully saturated rings. The summed E-state index contributed by atoms with van der Waals surface area (Å²) in [5, 5.41) is 21.8. The SMILES string of the molecule is CCOC(=O)Cn1c(=NC(=O)/C=C\c2ccc([N+](=O)[O-])cc2)sc2cc([N+](=O)[O-])ccc21. The summed E-state index contributed by atoms with van der Waals surface area (Å²) in [7, 11) is 0. The molecule has 0 saturated carbocycles. The molecule has 164 valence electrons. The number of carbonyl (C=O) groups is 2. The number of fused-ring (bicyclic) bond motifs is 1. The van der Waals surface area contributed by atoms with E-state index in [1.165, 1.54) is 59.2 Å². The van der Waals surface area contributed by atoms with Gasteiger partial charge in [-0.1, -0.05) is 11.3 Å². The fraction of sp³-hybridized carbons (Fsp3) is 0.150. The molecule has 1 amide bonds. The van der Waals surface area contributed by atoms with Gasteiger partial charge in [-0.05, 0) is 36.8 Å². The van der Waals surface area contributed by atoms with Gasteiger partial charge in [-0.15, -0.1) is 0 Å². The van der Waals surface area contributed by atoms with Gasteiger partial charge in [0.25, 0.3) is 17.3 Å². The zero-order chi connectivity index (χ0) is 23.3. The molecule has 0 radical (unpaired) electrons. The van der Waals surface area contributed by atoms with Gasteiger partial charge < -0.3 is 9.30 Å². The highest BCUT2D eigenvalue weighted by atomic mass is 32.1. The molecule has 0 saturated heterocycles. The van der Waals surface area contributed by atoms with E-state index in [0.717, 1.165) is 11.3 Å². The molecule has 2 aromatic carbocycles. The first-order valence-corrected chi connectivity index (χ1v) is 10.0. The molecule has 3 aromatic rings. The third-order valence-corrected chi connectivity index (χ3v) is 5.24. The van der Waals surface area contributed by atoms with Crippen LogP contribution < -0.4 is 4.80 Å². The lowest BCUT2D eigenvalue weighted by Gasteiger charge is -2.04. The smallest absolute Gasteiger partial charge is 0.326 e. The quantitative estimate of drug-likeness (QED) is 0.229. The maximum absolute atomic E-state index is 12.4. The van der Waals surface area contributed by atoms with Crippen molar-refractivity contribution in [2.45, 2.75) is 13.5 Å². The Kier molecular flexibility index (Phi) is 6.85. The second-order valence-corrected chi connectivity index (χ2v) is 7.33. The largest absolute Gasteiger partial charge is 0.465 e. The number of hydrogen-bond donors (Lipinski definition) is 0. The van der Waals surface area contributed by atoms with Crippen molar-refractivity contribution in [3.05, 3.63) is 79.1 Å². The molecule has 3 rings (SSSR count). The number of esters is 1. The second kappa shape index (κ2) is 9.75. The molecule has 0 bridgehead atoms. The number of nitro groups is 2. The van der Waals surface area contributed by atoms with Gasteiger partial charge >= 0.3 is 5.97 Å². The molecular formula is C20H16N4O7S. The van der Waals surface area contributed by atoms with Crippen molar-refractivity contribution in [1.29, 1.82) is 0 Å². The van der Waals surface area contributed by atoms with Gasteiger partial charge in [0.1, 0.15) is 6.54 Å². The molecule has 1 heterocycles. The minimum atomic E-state index is -0.637. The van der Waals surface area contributed by atoms with Crippen LogP contribution in [0.25, 0.3) is 16.3 Å². The van der Waals surface area contributed by atoms with Crippen LogP contribution in [0.2, 0.25) is 0 Å². The molecular weight excluding hydrogens is 440 g/mol. The van der Waals surface area contributed by atoms with Crippen LogP contribution in [0.5, 0.6) is 0 Å². The van der Waals surface area contributed by atoms with Crippen molar-refractivity contribution in [2.75, 3.05) is 6.61 Å². The highest BCUT2D eigenvalue weighted by Crippen LogP contribution is 2.23. The fourth-order valence-corrected chi connectivity index (χ4v) is 3.82. The molecule has 12 heteroatoms. The highest BCUT2D eigenvalue weighted by molar-refractivity contribution is 7.16. The minimum Gasteiger partial charge on any atom is -0.465 e. The zero-order valence-corrected chi connectivity index (χ0v) is 17.5. The summed E-state index contributed by atoms with van der Waals surface area (Å²) in [5.41, 5.74) is 0.862. The molecule has 1 aromatic heterocycles. The zero-order valence-electron chi connectivity index (χ0n) is 16.7. The summed E-state index contributed by atoms with van der Waals surface area (Å²) in [6.07, 6.45) is 2.63. The van der Waals surface area contributed by atoms with Crippen LogP contribution in [-0.2, 0) is 20.9 Å². The number of nitro benzene ring substituents is 2. The Morgan fingerprint density at radius 1 is 1.09 bits per heavy atom. The Labute approximate surface area is 184 Å². The Morgan fingerprint density at radius 3 is 2.38 bits per heavy atom. The summed E-state index contributed by atoms with van der Waals surface area (Å²) >= 11 is 1.03. The number of benzene rings is 2. The summed E-state index contributed by atoms with van der Waals surface area (Å²) in [6.45, 7) is 1.62. The Hall–Kier alpha value is -4.19. The van der Waals surface area contributed by atoms with E-state index in [0.29, 0.717) is 15.8 Å². The van der Waals surface area contributed by atoms with Gasteiger partial charge in [0.05, 0.1) is 26.7 Å². The lowest BCUT2D eigenvalue weighted by Crippen LogP contribution is -2.22. The first kappa shape index (κ1) is 22.5. The monoisotopic (exact) mass is 456 g/mol. The van der Waals surface area contributed by atoms with Crippen LogP contribution in [-0.4, -0.2) is 32.9 Å². The molecule has 0 aliphatic carbocycles. The normalized spacial score (nSPS) is 11.7. The van der Waals surface area contributed by atoms with Crippen molar-refractivity contribution in [3.63, 3.8) is 0 Å². The van der Waals surface area contributed by atoms with E-state index in [1.54, 1.807) is 6.92 Å². The van der Waals surface area contributed by atoms with Gasteiger partial charge in [0, 0.05) is 30.3 Å². The summed E-state index contributed by atoms with van der Waals surface area (Å²) < 4.78 is 6.90. The van der Waals surface area contributed by atoms with Gasteiger partial charge in [-0.25, -0.2) is 0 Å². The lowest BCUT2D eigenvalue weighted by molar-refractivity contribution is -0.385. The molecule has 0 N–H and O–H groups in total. The topological polar surface area (TPSA) is 147 Å². The van der Waals surface area contributed by atoms with Crippen LogP contribution in [0.1, 0.15) is 12.5 Å². The van der Waals surface area contributed by atoms with E-state index in [1.807, 2.05) is 0 Å². The Morgan fingerprint density at radius 2 is 1.75 bits per heavy atom. The first-order chi connectivity index (χ1) is 15.3. The van der Waals surface area contributed by atoms with Gasteiger partial charge in [-0.2, -0.15) is 4.99 Å². The van der Waals surface area contributed by atoms with Crippen molar-refractivity contribution in [1.82, 2.24) is 4.57 Å². The molecule has 0 aliphatic rings.